The molecule has 0 fully saturated rings. The van der Waals surface area contributed by atoms with Gasteiger partial charge in [-0.25, -0.2) is 4.98 Å². The van der Waals surface area contributed by atoms with Crippen LogP contribution in [0.4, 0.5) is 0 Å². The van der Waals surface area contributed by atoms with E-state index in [1.807, 2.05) is 27.8 Å². The molecule has 0 bridgehead atoms. The molecule has 0 amide bonds. The van der Waals surface area contributed by atoms with E-state index in [1.165, 1.54) is 0 Å². The van der Waals surface area contributed by atoms with Crippen LogP contribution in [0.3, 0.4) is 0 Å². The lowest BCUT2D eigenvalue weighted by Gasteiger charge is -1.76. The van der Waals surface area contributed by atoms with Crippen molar-refractivity contribution < 1.29 is 0 Å². The van der Waals surface area contributed by atoms with Crippen LogP contribution in [0.15, 0.2) is 6.33 Å². The summed E-state index contributed by atoms with van der Waals surface area (Å²) in [5.41, 5.74) is 0. The number of rotatable bonds is 0. The van der Waals surface area contributed by atoms with Crippen molar-refractivity contribution in [1.82, 2.24) is 14.8 Å². The molecular weight excluding hydrogens is 114 g/mol. The molecule has 1 rings (SSSR count). The molecule has 0 N–H and O–H groups in total. The van der Waals surface area contributed by atoms with E-state index in [4.69, 9.17) is 0 Å². The van der Waals surface area contributed by atoms with Crippen LogP contribution in [0.1, 0.15) is 19.7 Å². The van der Waals surface area contributed by atoms with Gasteiger partial charge in [0.1, 0.15) is 12.2 Å². The highest BCUT2D eigenvalue weighted by Gasteiger charge is 1.83. The third-order valence-electron chi connectivity index (χ3n) is 0.714. The van der Waals surface area contributed by atoms with E-state index in [0.717, 1.165) is 5.82 Å². The van der Waals surface area contributed by atoms with Crippen molar-refractivity contribution in [3.8, 4) is 0 Å². The van der Waals surface area contributed by atoms with Gasteiger partial charge in [0.15, 0.2) is 0 Å². The van der Waals surface area contributed by atoms with Crippen LogP contribution in [0.5, 0.6) is 0 Å². The van der Waals surface area contributed by atoms with Crippen molar-refractivity contribution >= 4 is 0 Å². The lowest BCUT2D eigenvalue weighted by molar-refractivity contribution is 0.756. The molecule has 1 aromatic heterocycles. The zero-order chi connectivity index (χ0) is 7.28. The molecule has 9 heavy (non-hydrogen) atoms. The van der Waals surface area contributed by atoms with Crippen LogP contribution in [0.25, 0.3) is 0 Å². The first-order valence-electron chi connectivity index (χ1n) is 3.11. The van der Waals surface area contributed by atoms with Gasteiger partial charge in [-0.1, -0.05) is 13.8 Å². The fourth-order valence-electron chi connectivity index (χ4n) is 0.447. The maximum Gasteiger partial charge on any atom is 0.147 e. The van der Waals surface area contributed by atoms with Gasteiger partial charge in [0.2, 0.25) is 0 Å². The summed E-state index contributed by atoms with van der Waals surface area (Å²) in [5.74, 6) is 0.822. The summed E-state index contributed by atoms with van der Waals surface area (Å²) in [5, 5.41) is 3.92. The molecule has 0 aliphatic heterocycles. The largest absolute Gasteiger partial charge is 0.256 e. The second-order valence-corrected chi connectivity index (χ2v) is 1.47. The van der Waals surface area contributed by atoms with Crippen LogP contribution in [-0.2, 0) is 7.05 Å². The fraction of sp³-hybridized carbons (Fsp3) is 0.667. The summed E-state index contributed by atoms with van der Waals surface area (Å²) in [7, 11) is 1.85. The number of hydrogen-bond donors (Lipinski definition) is 0. The highest BCUT2D eigenvalue weighted by atomic mass is 15.3. The molecule has 0 aliphatic rings. The van der Waals surface area contributed by atoms with Crippen molar-refractivity contribution in [2.75, 3.05) is 0 Å². The fourth-order valence-corrected chi connectivity index (χ4v) is 0.447. The Bertz CT molecular complexity index is 141. The monoisotopic (exact) mass is 127 g/mol. The molecule has 0 spiro atoms. The van der Waals surface area contributed by atoms with Gasteiger partial charge in [0, 0.05) is 7.05 Å². The number of aryl methyl sites for hydroxylation is 2. The quantitative estimate of drug-likeness (QED) is 0.523. The van der Waals surface area contributed by atoms with Gasteiger partial charge in [-0.15, -0.1) is 0 Å². The predicted molar refractivity (Wildman–Crippen MR) is 37.1 cm³/mol. The Hall–Kier alpha value is -0.860. The summed E-state index contributed by atoms with van der Waals surface area (Å²) >= 11 is 0. The van der Waals surface area contributed by atoms with Gasteiger partial charge < -0.3 is 0 Å². The van der Waals surface area contributed by atoms with E-state index in [9.17, 15) is 0 Å². The summed E-state index contributed by atoms with van der Waals surface area (Å²) < 4.78 is 1.68. The molecule has 3 nitrogen and oxygen atoms in total. The first-order chi connectivity index (χ1) is 4.29. The Morgan fingerprint density at radius 3 is 2.11 bits per heavy atom. The van der Waals surface area contributed by atoms with E-state index in [1.54, 1.807) is 11.0 Å². The topological polar surface area (TPSA) is 30.7 Å². The zero-order valence-electron chi connectivity index (χ0n) is 6.42. The molecule has 0 saturated carbocycles. The molecule has 52 valence electrons. The van der Waals surface area contributed by atoms with Crippen molar-refractivity contribution in [2.45, 2.75) is 20.8 Å². The second-order valence-electron chi connectivity index (χ2n) is 1.47. The standard InChI is InChI=1S/C4H7N3.C2H6/c1-4-5-3-7(2)6-4;1-2/h3H,1-2H3;1-2H3. The van der Waals surface area contributed by atoms with E-state index in [-0.39, 0.29) is 0 Å². The molecule has 1 aromatic rings. The first-order valence-corrected chi connectivity index (χ1v) is 3.11. The van der Waals surface area contributed by atoms with Crippen molar-refractivity contribution in [2.24, 2.45) is 7.05 Å². The van der Waals surface area contributed by atoms with Crippen molar-refractivity contribution in [1.29, 1.82) is 0 Å². The molecule has 0 aliphatic carbocycles. The number of nitrogens with zero attached hydrogens (tertiary/aromatic N) is 3. The van der Waals surface area contributed by atoms with Gasteiger partial charge in [-0.3, -0.25) is 4.68 Å². The molecule has 0 saturated heterocycles. The predicted octanol–water partition coefficient (Wildman–Crippen LogP) is 1.15. The minimum absolute atomic E-state index is 0.822. The Morgan fingerprint density at radius 2 is 2.00 bits per heavy atom. The third kappa shape index (κ3) is 2.85. The summed E-state index contributed by atoms with van der Waals surface area (Å²) in [6, 6.07) is 0. The maximum absolute atomic E-state index is 3.92. The Kier molecular flexibility index (Phi) is 3.67. The highest BCUT2D eigenvalue weighted by molar-refractivity contribution is 4.72. The van der Waals surface area contributed by atoms with E-state index >= 15 is 0 Å². The Balaban J connectivity index is 0.000000291. The second kappa shape index (κ2) is 4.06. The van der Waals surface area contributed by atoms with Gasteiger partial charge in [0.05, 0.1) is 0 Å². The average molecular weight is 127 g/mol. The highest BCUT2D eigenvalue weighted by Crippen LogP contribution is 1.79. The molecule has 0 atom stereocenters. The SMILES string of the molecule is CC.Cc1ncn(C)n1. The van der Waals surface area contributed by atoms with Gasteiger partial charge >= 0.3 is 0 Å². The zero-order valence-corrected chi connectivity index (χ0v) is 6.42. The van der Waals surface area contributed by atoms with Gasteiger partial charge in [-0.05, 0) is 6.92 Å². The van der Waals surface area contributed by atoms with Gasteiger partial charge in [0.25, 0.3) is 0 Å². The minimum Gasteiger partial charge on any atom is -0.256 e. The van der Waals surface area contributed by atoms with Crippen molar-refractivity contribution in [3.63, 3.8) is 0 Å². The van der Waals surface area contributed by atoms with E-state index < -0.39 is 0 Å². The maximum atomic E-state index is 3.92. The molecule has 1 heterocycles. The van der Waals surface area contributed by atoms with Crippen LogP contribution in [-0.4, -0.2) is 14.8 Å². The number of hydrogen-bond acceptors (Lipinski definition) is 2. The average Bonchev–Trinajstić information content (AvgIpc) is 2.20. The Morgan fingerprint density at radius 1 is 1.44 bits per heavy atom. The first kappa shape index (κ1) is 8.14. The summed E-state index contributed by atoms with van der Waals surface area (Å²) in [4.78, 5) is 3.87. The minimum atomic E-state index is 0.822. The molecule has 0 radical (unpaired) electrons. The molecule has 3 heteroatoms. The van der Waals surface area contributed by atoms with Crippen LogP contribution in [0.2, 0.25) is 0 Å². The smallest absolute Gasteiger partial charge is 0.147 e. The van der Waals surface area contributed by atoms with E-state index in [0.29, 0.717) is 0 Å². The third-order valence-corrected chi connectivity index (χ3v) is 0.714. The van der Waals surface area contributed by atoms with Gasteiger partial charge in [-0.2, -0.15) is 5.10 Å². The van der Waals surface area contributed by atoms with Crippen molar-refractivity contribution in [3.05, 3.63) is 12.2 Å². The lowest BCUT2D eigenvalue weighted by atomic mass is 10.8. The molecule has 0 unspecified atom stereocenters. The number of aromatic nitrogens is 3. The molecular formula is C6H13N3. The lowest BCUT2D eigenvalue weighted by Crippen LogP contribution is -1.86. The van der Waals surface area contributed by atoms with Crippen LogP contribution in [0, 0.1) is 6.92 Å². The van der Waals surface area contributed by atoms with Crippen LogP contribution >= 0.6 is 0 Å². The summed E-state index contributed by atoms with van der Waals surface area (Å²) in [6.45, 7) is 5.86. The van der Waals surface area contributed by atoms with E-state index in [2.05, 4.69) is 10.1 Å². The normalized spacial score (nSPS) is 8.00. The van der Waals surface area contributed by atoms with Crippen LogP contribution < -0.4 is 0 Å². The summed E-state index contributed by atoms with van der Waals surface area (Å²) in [6.07, 6.45) is 1.68. The molecule has 0 aromatic carbocycles. The Labute approximate surface area is 55.7 Å².